The maximum absolute atomic E-state index is 12.4. The third-order valence-corrected chi connectivity index (χ3v) is 3.55. The molecular weight excluding hydrogens is 268 g/mol. The molecule has 2 N–H and O–H groups in total. The first kappa shape index (κ1) is 13.2. The van der Waals surface area contributed by atoms with Crippen molar-refractivity contribution < 1.29 is 14.3 Å². The van der Waals surface area contributed by atoms with E-state index in [-0.39, 0.29) is 23.9 Å². The summed E-state index contributed by atoms with van der Waals surface area (Å²) in [7, 11) is 1.55. The van der Waals surface area contributed by atoms with Crippen LogP contribution >= 0.6 is 0 Å². The minimum Gasteiger partial charge on any atom is -0.496 e. The first-order chi connectivity index (χ1) is 10.1. The van der Waals surface area contributed by atoms with E-state index in [1.54, 1.807) is 31.4 Å². The molecule has 0 bridgehead atoms. The smallest absolute Gasteiger partial charge is 0.263 e. The number of carbonyl (C=O) groups is 2. The van der Waals surface area contributed by atoms with Gasteiger partial charge in [-0.2, -0.15) is 0 Å². The summed E-state index contributed by atoms with van der Waals surface area (Å²) in [5.41, 5.74) is 7.56. The molecule has 0 radical (unpaired) electrons. The zero-order valence-electron chi connectivity index (χ0n) is 11.5. The first-order valence-corrected chi connectivity index (χ1v) is 6.50. The summed E-state index contributed by atoms with van der Waals surface area (Å²) in [5, 5.41) is 0. The van der Waals surface area contributed by atoms with Crippen molar-refractivity contribution >= 4 is 17.5 Å². The van der Waals surface area contributed by atoms with Gasteiger partial charge in [-0.05, 0) is 18.2 Å². The van der Waals surface area contributed by atoms with E-state index < -0.39 is 0 Å². The van der Waals surface area contributed by atoms with Crippen molar-refractivity contribution in [3.63, 3.8) is 0 Å². The highest BCUT2D eigenvalue weighted by Gasteiger charge is 2.37. The number of benzene rings is 2. The van der Waals surface area contributed by atoms with Crippen LogP contribution in [0, 0.1) is 0 Å². The SMILES string of the molecule is COc1ccccc1CN1C(=O)c2cccc(N)c2C1=O. The Labute approximate surface area is 121 Å². The highest BCUT2D eigenvalue weighted by atomic mass is 16.5. The molecule has 2 amide bonds. The fourth-order valence-electron chi connectivity index (χ4n) is 2.51. The number of methoxy groups -OCH3 is 1. The molecule has 21 heavy (non-hydrogen) atoms. The van der Waals surface area contributed by atoms with Crippen molar-refractivity contribution in [1.82, 2.24) is 4.90 Å². The lowest BCUT2D eigenvalue weighted by Crippen LogP contribution is -2.29. The zero-order chi connectivity index (χ0) is 15.0. The highest BCUT2D eigenvalue weighted by Crippen LogP contribution is 2.30. The van der Waals surface area contributed by atoms with Crippen molar-refractivity contribution in [3.05, 3.63) is 59.2 Å². The summed E-state index contributed by atoms with van der Waals surface area (Å²) in [6, 6.07) is 12.2. The maximum Gasteiger partial charge on any atom is 0.263 e. The molecule has 0 aliphatic carbocycles. The van der Waals surface area contributed by atoms with Gasteiger partial charge in [-0.25, -0.2) is 0 Å². The van der Waals surface area contributed by atoms with Crippen LogP contribution in [0.2, 0.25) is 0 Å². The lowest BCUT2D eigenvalue weighted by Gasteiger charge is -2.16. The number of hydrogen-bond acceptors (Lipinski definition) is 4. The topological polar surface area (TPSA) is 72.6 Å². The van der Waals surface area contributed by atoms with Crippen molar-refractivity contribution in [3.8, 4) is 5.75 Å². The normalized spacial score (nSPS) is 13.5. The molecule has 0 saturated carbocycles. The highest BCUT2D eigenvalue weighted by molar-refractivity contribution is 6.23. The summed E-state index contributed by atoms with van der Waals surface area (Å²) in [5.74, 6) is -0.0470. The van der Waals surface area contributed by atoms with Gasteiger partial charge in [-0.3, -0.25) is 14.5 Å². The average Bonchev–Trinajstić information content (AvgIpc) is 2.74. The van der Waals surface area contributed by atoms with Gasteiger partial charge in [0, 0.05) is 11.3 Å². The number of ether oxygens (including phenoxy) is 1. The number of anilines is 1. The second-order valence-corrected chi connectivity index (χ2v) is 4.78. The van der Waals surface area contributed by atoms with Gasteiger partial charge >= 0.3 is 0 Å². The van der Waals surface area contributed by atoms with E-state index in [0.717, 1.165) is 5.56 Å². The second kappa shape index (κ2) is 4.94. The van der Waals surface area contributed by atoms with Gasteiger partial charge in [-0.15, -0.1) is 0 Å². The van der Waals surface area contributed by atoms with Gasteiger partial charge in [0.25, 0.3) is 11.8 Å². The van der Waals surface area contributed by atoms with E-state index >= 15 is 0 Å². The number of imide groups is 1. The van der Waals surface area contributed by atoms with Crippen LogP contribution in [-0.2, 0) is 6.54 Å². The first-order valence-electron chi connectivity index (χ1n) is 6.50. The summed E-state index contributed by atoms with van der Waals surface area (Å²) in [6.07, 6.45) is 0. The van der Waals surface area contributed by atoms with Crippen LogP contribution in [0.4, 0.5) is 5.69 Å². The molecule has 0 unspecified atom stereocenters. The Hall–Kier alpha value is -2.82. The summed E-state index contributed by atoms with van der Waals surface area (Å²) in [4.78, 5) is 26.0. The van der Waals surface area contributed by atoms with Gasteiger partial charge in [0.2, 0.25) is 0 Å². The summed E-state index contributed by atoms with van der Waals surface area (Å²) < 4.78 is 5.25. The molecule has 5 nitrogen and oxygen atoms in total. The summed E-state index contributed by atoms with van der Waals surface area (Å²) in [6.45, 7) is 0.163. The van der Waals surface area contributed by atoms with E-state index in [0.29, 0.717) is 17.0 Å². The van der Waals surface area contributed by atoms with Crippen molar-refractivity contribution in [2.24, 2.45) is 0 Å². The fourth-order valence-corrected chi connectivity index (χ4v) is 2.51. The van der Waals surface area contributed by atoms with Crippen LogP contribution in [0.5, 0.6) is 5.75 Å². The standard InChI is InChI=1S/C16H14N2O3/c1-21-13-8-3-2-5-10(13)9-18-15(19)11-6-4-7-12(17)14(11)16(18)20/h2-8H,9,17H2,1H3. The number of nitrogens with two attached hydrogens (primary N) is 1. The summed E-state index contributed by atoms with van der Waals surface area (Å²) >= 11 is 0. The molecular formula is C16H14N2O3. The number of rotatable bonds is 3. The quantitative estimate of drug-likeness (QED) is 0.691. The van der Waals surface area contributed by atoms with Crippen LogP contribution in [-0.4, -0.2) is 23.8 Å². The van der Waals surface area contributed by atoms with Gasteiger partial charge < -0.3 is 10.5 Å². The number of amides is 2. The number of fused-ring (bicyclic) bond motifs is 1. The minimum atomic E-state index is -0.362. The van der Waals surface area contributed by atoms with Crippen LogP contribution in [0.25, 0.3) is 0 Å². The molecule has 2 aromatic rings. The Balaban J connectivity index is 1.97. The molecule has 1 heterocycles. The van der Waals surface area contributed by atoms with Crippen LogP contribution in [0.15, 0.2) is 42.5 Å². The van der Waals surface area contributed by atoms with Gasteiger partial charge in [-0.1, -0.05) is 24.3 Å². The molecule has 5 heteroatoms. The van der Waals surface area contributed by atoms with E-state index in [2.05, 4.69) is 0 Å². The minimum absolute atomic E-state index is 0.163. The van der Waals surface area contributed by atoms with Crippen molar-refractivity contribution in [1.29, 1.82) is 0 Å². The zero-order valence-corrected chi connectivity index (χ0v) is 11.5. The van der Waals surface area contributed by atoms with Gasteiger partial charge in [0.15, 0.2) is 0 Å². The molecule has 0 atom stereocenters. The van der Waals surface area contributed by atoms with Crippen molar-refractivity contribution in [2.45, 2.75) is 6.54 Å². The molecule has 0 saturated heterocycles. The average molecular weight is 282 g/mol. The molecule has 106 valence electrons. The predicted octanol–water partition coefficient (Wildman–Crippen LogP) is 2.07. The van der Waals surface area contributed by atoms with Crippen LogP contribution in [0.1, 0.15) is 26.3 Å². The lowest BCUT2D eigenvalue weighted by atomic mass is 10.1. The Kier molecular flexibility index (Phi) is 3.10. The Morgan fingerprint density at radius 2 is 1.81 bits per heavy atom. The third kappa shape index (κ3) is 2.03. The van der Waals surface area contributed by atoms with Crippen LogP contribution in [0.3, 0.4) is 0 Å². The molecule has 0 aromatic heterocycles. The molecule has 1 aliphatic heterocycles. The monoisotopic (exact) mass is 282 g/mol. The third-order valence-electron chi connectivity index (χ3n) is 3.55. The number of hydrogen-bond donors (Lipinski definition) is 1. The molecule has 2 aromatic carbocycles. The number of para-hydroxylation sites is 1. The van der Waals surface area contributed by atoms with Gasteiger partial charge in [0.05, 0.1) is 24.8 Å². The number of nitrogens with zero attached hydrogens (tertiary/aromatic N) is 1. The lowest BCUT2D eigenvalue weighted by molar-refractivity contribution is 0.0642. The molecule has 3 rings (SSSR count). The Bertz CT molecular complexity index is 740. The van der Waals surface area contributed by atoms with E-state index in [1.165, 1.54) is 4.90 Å². The number of nitrogen functional groups attached to an aromatic ring is 1. The Morgan fingerprint density at radius 3 is 2.52 bits per heavy atom. The molecule has 1 aliphatic rings. The molecule has 0 spiro atoms. The largest absolute Gasteiger partial charge is 0.496 e. The second-order valence-electron chi connectivity index (χ2n) is 4.78. The predicted molar refractivity (Wildman–Crippen MR) is 78.1 cm³/mol. The fraction of sp³-hybridized carbons (Fsp3) is 0.125. The van der Waals surface area contributed by atoms with Crippen molar-refractivity contribution in [2.75, 3.05) is 12.8 Å². The van der Waals surface area contributed by atoms with Crippen LogP contribution < -0.4 is 10.5 Å². The maximum atomic E-state index is 12.4. The van der Waals surface area contributed by atoms with E-state index in [4.69, 9.17) is 10.5 Å². The molecule has 0 fully saturated rings. The van der Waals surface area contributed by atoms with E-state index in [1.807, 2.05) is 18.2 Å². The van der Waals surface area contributed by atoms with E-state index in [9.17, 15) is 9.59 Å². The Morgan fingerprint density at radius 1 is 1.05 bits per heavy atom. The number of carbonyl (C=O) groups excluding carboxylic acids is 2. The van der Waals surface area contributed by atoms with Gasteiger partial charge in [0.1, 0.15) is 5.75 Å².